The fourth-order valence-electron chi connectivity index (χ4n) is 0.910. The molecule has 0 saturated heterocycles. The van der Waals surface area contributed by atoms with Crippen molar-refractivity contribution in [2.45, 2.75) is 13.3 Å². The molecule has 12 heavy (non-hydrogen) atoms. The average molecular weight is 302 g/mol. The van der Waals surface area contributed by atoms with Crippen LogP contribution in [0.15, 0.2) is 12.1 Å². The van der Waals surface area contributed by atoms with Gasteiger partial charge in [-0.2, -0.15) is 0 Å². The summed E-state index contributed by atoms with van der Waals surface area (Å²) in [5.41, 5.74) is 0.805. The summed E-state index contributed by atoms with van der Waals surface area (Å²) < 4.78 is 25.2. The molecule has 0 aliphatic heterocycles. The minimum atomic E-state index is -2.45. The standard InChI is InChI=1S/C8H6ClF2I/c1-4-2-5(9)3-6(7(4)12)8(10)11/h2-3,8H,1H3. The van der Waals surface area contributed by atoms with Gasteiger partial charge in [0, 0.05) is 14.2 Å². The SMILES string of the molecule is Cc1cc(Cl)cc(C(F)F)c1I. The van der Waals surface area contributed by atoms with Gasteiger partial charge in [0.15, 0.2) is 0 Å². The minimum Gasteiger partial charge on any atom is -0.205 e. The van der Waals surface area contributed by atoms with E-state index in [4.69, 9.17) is 11.6 Å². The molecule has 66 valence electrons. The summed E-state index contributed by atoms with van der Waals surface area (Å²) in [4.78, 5) is 0. The van der Waals surface area contributed by atoms with Gasteiger partial charge in [0.25, 0.3) is 6.43 Å². The van der Waals surface area contributed by atoms with Crippen molar-refractivity contribution in [3.8, 4) is 0 Å². The van der Waals surface area contributed by atoms with E-state index in [1.807, 2.05) is 22.6 Å². The first-order valence-corrected chi connectivity index (χ1v) is 4.71. The fraction of sp³-hybridized carbons (Fsp3) is 0.250. The van der Waals surface area contributed by atoms with Gasteiger partial charge in [-0.1, -0.05) is 11.6 Å². The van der Waals surface area contributed by atoms with E-state index in [9.17, 15) is 8.78 Å². The maximum absolute atomic E-state index is 12.3. The van der Waals surface area contributed by atoms with Gasteiger partial charge in [0.05, 0.1) is 0 Å². The highest BCUT2D eigenvalue weighted by Gasteiger charge is 2.13. The normalized spacial score (nSPS) is 10.8. The molecule has 0 fully saturated rings. The van der Waals surface area contributed by atoms with E-state index in [1.54, 1.807) is 13.0 Å². The maximum atomic E-state index is 12.3. The highest BCUT2D eigenvalue weighted by molar-refractivity contribution is 14.1. The van der Waals surface area contributed by atoms with Crippen molar-refractivity contribution in [1.82, 2.24) is 0 Å². The van der Waals surface area contributed by atoms with E-state index in [0.29, 0.717) is 8.59 Å². The molecule has 0 nitrogen and oxygen atoms in total. The van der Waals surface area contributed by atoms with Gasteiger partial charge in [-0.3, -0.25) is 0 Å². The Labute approximate surface area is 88.1 Å². The second kappa shape index (κ2) is 3.87. The van der Waals surface area contributed by atoms with Gasteiger partial charge in [-0.15, -0.1) is 0 Å². The maximum Gasteiger partial charge on any atom is 0.264 e. The van der Waals surface area contributed by atoms with Crippen LogP contribution in [0.25, 0.3) is 0 Å². The zero-order chi connectivity index (χ0) is 9.30. The number of hydrogen-bond donors (Lipinski definition) is 0. The second-order valence-corrected chi connectivity index (χ2v) is 3.94. The zero-order valence-corrected chi connectivity index (χ0v) is 9.16. The molecule has 0 aromatic heterocycles. The Morgan fingerprint density at radius 3 is 2.50 bits per heavy atom. The van der Waals surface area contributed by atoms with Gasteiger partial charge in [-0.25, -0.2) is 8.78 Å². The lowest BCUT2D eigenvalue weighted by atomic mass is 10.1. The third-order valence-corrected chi connectivity index (χ3v) is 3.17. The molecule has 1 rings (SSSR count). The topological polar surface area (TPSA) is 0 Å². The van der Waals surface area contributed by atoms with Gasteiger partial charge in [-0.05, 0) is 47.2 Å². The quantitative estimate of drug-likeness (QED) is 0.682. The molecule has 0 aliphatic carbocycles. The minimum absolute atomic E-state index is 0.0144. The van der Waals surface area contributed by atoms with Crippen LogP contribution in [0.2, 0.25) is 5.02 Å². The molecular weight excluding hydrogens is 296 g/mol. The molecule has 0 atom stereocenters. The fourth-order valence-corrected chi connectivity index (χ4v) is 1.74. The Morgan fingerprint density at radius 1 is 1.42 bits per heavy atom. The molecule has 0 N–H and O–H groups in total. The summed E-state index contributed by atoms with van der Waals surface area (Å²) >= 11 is 7.53. The summed E-state index contributed by atoms with van der Waals surface area (Å²) in [5.74, 6) is 0. The molecule has 4 heteroatoms. The van der Waals surface area contributed by atoms with Crippen molar-refractivity contribution in [2.75, 3.05) is 0 Å². The summed E-state index contributed by atoms with van der Waals surface area (Å²) in [5, 5.41) is 0.364. The number of halogens is 4. The molecule has 0 amide bonds. The third kappa shape index (κ3) is 2.07. The number of alkyl halides is 2. The van der Waals surface area contributed by atoms with Crippen LogP contribution in [0.5, 0.6) is 0 Å². The van der Waals surface area contributed by atoms with E-state index < -0.39 is 6.43 Å². The molecule has 1 aromatic rings. The van der Waals surface area contributed by atoms with Gasteiger partial charge >= 0.3 is 0 Å². The largest absolute Gasteiger partial charge is 0.264 e. The Hall–Kier alpha value is 0.100. The van der Waals surface area contributed by atoms with E-state index in [1.165, 1.54) is 6.07 Å². The lowest BCUT2D eigenvalue weighted by Gasteiger charge is -2.06. The van der Waals surface area contributed by atoms with Crippen LogP contribution < -0.4 is 0 Å². The predicted molar refractivity (Wildman–Crippen MR) is 53.9 cm³/mol. The van der Waals surface area contributed by atoms with Crippen LogP contribution in [-0.2, 0) is 0 Å². The molecule has 0 aliphatic rings. The first kappa shape index (κ1) is 10.2. The molecule has 0 spiro atoms. The number of hydrogen-bond acceptors (Lipinski definition) is 0. The summed E-state index contributed by atoms with van der Waals surface area (Å²) in [6.45, 7) is 1.76. The van der Waals surface area contributed by atoms with Crippen molar-refractivity contribution >= 4 is 34.2 Å². The lowest BCUT2D eigenvalue weighted by Crippen LogP contribution is -1.92. The number of benzene rings is 1. The molecule has 0 unspecified atom stereocenters. The number of aryl methyl sites for hydroxylation is 1. The summed E-state index contributed by atoms with van der Waals surface area (Å²) in [6, 6.07) is 2.98. The van der Waals surface area contributed by atoms with Crippen LogP contribution in [0.3, 0.4) is 0 Å². The highest BCUT2D eigenvalue weighted by Crippen LogP contribution is 2.29. The molecule has 1 aromatic carbocycles. The Morgan fingerprint density at radius 2 is 2.00 bits per heavy atom. The average Bonchev–Trinajstić information content (AvgIpc) is 1.96. The van der Waals surface area contributed by atoms with Crippen molar-refractivity contribution in [1.29, 1.82) is 0 Å². The van der Waals surface area contributed by atoms with Crippen molar-refractivity contribution in [3.05, 3.63) is 31.9 Å². The Kier molecular flexibility index (Phi) is 3.29. The Balaban J connectivity index is 3.28. The summed E-state index contributed by atoms with van der Waals surface area (Å²) in [6.07, 6.45) is -2.45. The van der Waals surface area contributed by atoms with E-state index in [2.05, 4.69) is 0 Å². The lowest BCUT2D eigenvalue weighted by molar-refractivity contribution is 0.150. The molecule has 0 radical (unpaired) electrons. The van der Waals surface area contributed by atoms with Crippen LogP contribution in [-0.4, -0.2) is 0 Å². The zero-order valence-electron chi connectivity index (χ0n) is 6.24. The van der Waals surface area contributed by atoms with Crippen LogP contribution in [0, 0.1) is 10.5 Å². The van der Waals surface area contributed by atoms with Crippen LogP contribution in [0.4, 0.5) is 8.78 Å². The predicted octanol–water partition coefficient (Wildman–Crippen LogP) is 4.19. The first-order valence-electron chi connectivity index (χ1n) is 3.26. The molecular formula is C8H6ClF2I. The highest BCUT2D eigenvalue weighted by atomic mass is 127. The summed E-state index contributed by atoms with van der Waals surface area (Å²) in [7, 11) is 0. The second-order valence-electron chi connectivity index (χ2n) is 2.43. The number of rotatable bonds is 1. The van der Waals surface area contributed by atoms with Crippen molar-refractivity contribution in [3.63, 3.8) is 0 Å². The van der Waals surface area contributed by atoms with E-state index in [-0.39, 0.29) is 5.56 Å². The molecule has 0 heterocycles. The molecule has 0 saturated carbocycles. The van der Waals surface area contributed by atoms with E-state index >= 15 is 0 Å². The monoisotopic (exact) mass is 302 g/mol. The third-order valence-electron chi connectivity index (χ3n) is 1.48. The van der Waals surface area contributed by atoms with Crippen LogP contribution in [0.1, 0.15) is 17.6 Å². The first-order chi connectivity index (χ1) is 5.52. The van der Waals surface area contributed by atoms with Crippen molar-refractivity contribution in [2.24, 2.45) is 0 Å². The van der Waals surface area contributed by atoms with Gasteiger partial charge in [0.1, 0.15) is 0 Å². The van der Waals surface area contributed by atoms with Crippen molar-refractivity contribution < 1.29 is 8.78 Å². The van der Waals surface area contributed by atoms with Gasteiger partial charge in [0.2, 0.25) is 0 Å². The Bertz CT molecular complexity index is 299. The van der Waals surface area contributed by atoms with Gasteiger partial charge < -0.3 is 0 Å². The smallest absolute Gasteiger partial charge is 0.205 e. The molecule has 0 bridgehead atoms. The van der Waals surface area contributed by atoms with E-state index in [0.717, 1.165) is 5.56 Å². The van der Waals surface area contributed by atoms with Crippen LogP contribution >= 0.6 is 34.2 Å².